The van der Waals surface area contributed by atoms with Crippen LogP contribution in [-0.4, -0.2) is 21.5 Å². The van der Waals surface area contributed by atoms with Crippen LogP contribution in [0.1, 0.15) is 89.2 Å². The van der Waals surface area contributed by atoms with Crippen molar-refractivity contribution in [3.8, 4) is 5.75 Å². The summed E-state index contributed by atoms with van der Waals surface area (Å²) in [5, 5.41) is 0. The molecule has 0 radical (unpaired) electrons. The predicted octanol–water partition coefficient (Wildman–Crippen LogP) is 6.18. The third kappa shape index (κ3) is 5.05. The number of Topliss-reactive ketones (excluding diaryl/α,β-unsaturated/α-hetero) is 1. The van der Waals surface area contributed by atoms with Gasteiger partial charge in [0.05, 0.1) is 29.3 Å². The number of halogens is 1. The van der Waals surface area contributed by atoms with Gasteiger partial charge in [0.15, 0.2) is 5.78 Å². The number of aryl methyl sites for hydroxylation is 1. The van der Waals surface area contributed by atoms with Crippen LogP contribution in [0.3, 0.4) is 0 Å². The lowest BCUT2D eigenvalue weighted by Gasteiger charge is -2.24. The van der Waals surface area contributed by atoms with E-state index >= 15 is 0 Å². The highest BCUT2D eigenvalue weighted by atomic mass is 79.9. The monoisotopic (exact) mass is 503 g/mol. The van der Waals surface area contributed by atoms with E-state index in [0.29, 0.717) is 12.5 Å². The normalized spacial score (nSPS) is 15.8. The SMILES string of the molecule is CCC(CC)CCn1ccn(CC(=O)c2cc(C(C)(C)C)c3c(c2)C(C)(C)CO3)c1=NBr. The summed E-state index contributed by atoms with van der Waals surface area (Å²) in [6, 6.07) is 4.06. The molecular formula is C26H38BrN3O2. The topological polar surface area (TPSA) is 48.5 Å². The third-order valence-electron chi connectivity index (χ3n) is 6.79. The van der Waals surface area contributed by atoms with Gasteiger partial charge in [0, 0.05) is 41.0 Å². The van der Waals surface area contributed by atoms with Crippen LogP contribution >= 0.6 is 16.1 Å². The van der Waals surface area contributed by atoms with Gasteiger partial charge in [-0.1, -0.05) is 61.3 Å². The second-order valence-corrected chi connectivity index (χ2v) is 11.1. The number of rotatable bonds is 8. The Bertz CT molecular complexity index is 1040. The average molecular weight is 505 g/mol. The van der Waals surface area contributed by atoms with Crippen molar-refractivity contribution in [3.63, 3.8) is 0 Å². The molecule has 0 N–H and O–H groups in total. The minimum atomic E-state index is -0.108. The van der Waals surface area contributed by atoms with Gasteiger partial charge in [-0.05, 0) is 29.9 Å². The summed E-state index contributed by atoms with van der Waals surface area (Å²) in [6.07, 6.45) is 7.46. The molecule has 176 valence electrons. The van der Waals surface area contributed by atoms with Gasteiger partial charge in [-0.15, -0.1) is 0 Å². The van der Waals surface area contributed by atoms with Crippen molar-refractivity contribution in [1.29, 1.82) is 0 Å². The summed E-state index contributed by atoms with van der Waals surface area (Å²) < 4.78 is 14.5. The molecule has 2 aromatic rings. The van der Waals surface area contributed by atoms with Gasteiger partial charge in [0.2, 0.25) is 5.62 Å². The summed E-state index contributed by atoms with van der Waals surface area (Å²) in [4.78, 5) is 13.4. The molecule has 0 bridgehead atoms. The highest BCUT2D eigenvalue weighted by molar-refractivity contribution is 9.08. The van der Waals surface area contributed by atoms with Crippen LogP contribution in [-0.2, 0) is 23.9 Å². The van der Waals surface area contributed by atoms with Gasteiger partial charge in [0.25, 0.3) is 0 Å². The van der Waals surface area contributed by atoms with E-state index in [4.69, 9.17) is 4.74 Å². The highest BCUT2D eigenvalue weighted by Crippen LogP contribution is 2.45. The molecule has 0 saturated carbocycles. The van der Waals surface area contributed by atoms with E-state index in [2.05, 4.69) is 73.2 Å². The number of hydrogen-bond acceptors (Lipinski definition) is 3. The third-order valence-corrected chi connectivity index (χ3v) is 7.11. The second-order valence-electron chi connectivity index (χ2n) is 10.7. The van der Waals surface area contributed by atoms with Crippen molar-refractivity contribution < 1.29 is 9.53 Å². The fraction of sp³-hybridized carbons (Fsp3) is 0.615. The number of ketones is 1. The summed E-state index contributed by atoms with van der Waals surface area (Å²) in [6.45, 7) is 17.1. The van der Waals surface area contributed by atoms with E-state index in [9.17, 15) is 4.79 Å². The van der Waals surface area contributed by atoms with Crippen molar-refractivity contribution in [2.24, 2.45) is 9.94 Å². The van der Waals surface area contributed by atoms with Gasteiger partial charge in [-0.3, -0.25) is 4.79 Å². The molecule has 2 heterocycles. The van der Waals surface area contributed by atoms with E-state index in [1.54, 1.807) is 0 Å². The lowest BCUT2D eigenvalue weighted by Crippen LogP contribution is -2.28. The number of benzene rings is 1. The molecule has 0 unspecified atom stereocenters. The minimum absolute atomic E-state index is 0.0844. The molecule has 0 amide bonds. The zero-order valence-corrected chi connectivity index (χ0v) is 22.3. The first-order valence-corrected chi connectivity index (χ1v) is 12.5. The molecule has 0 atom stereocenters. The molecule has 0 fully saturated rings. The standard InChI is InChI=1S/C26H38BrN3O2/c1-8-18(9-2)10-11-29-12-13-30(24(29)28-27)16-22(31)19-14-20(25(3,4)5)23-21(15-19)26(6,7)17-32-23/h12-15,18H,8-11,16-17H2,1-7H3. The van der Waals surface area contributed by atoms with E-state index in [1.807, 2.05) is 29.1 Å². The lowest BCUT2D eigenvalue weighted by molar-refractivity contribution is 0.0970. The Labute approximate surface area is 201 Å². The zero-order valence-electron chi connectivity index (χ0n) is 20.7. The number of carbonyl (C=O) groups excluding carboxylic acids is 1. The number of ether oxygens (including phenoxy) is 1. The van der Waals surface area contributed by atoms with E-state index in [0.717, 1.165) is 41.0 Å². The van der Waals surface area contributed by atoms with Gasteiger partial charge in [0.1, 0.15) is 5.75 Å². The molecule has 1 aliphatic rings. The Morgan fingerprint density at radius 2 is 1.84 bits per heavy atom. The van der Waals surface area contributed by atoms with Crippen molar-refractivity contribution in [2.75, 3.05) is 6.61 Å². The second kappa shape index (κ2) is 9.58. The van der Waals surface area contributed by atoms with Crippen LogP contribution in [0.5, 0.6) is 5.75 Å². The smallest absolute Gasteiger partial charge is 0.217 e. The van der Waals surface area contributed by atoms with Crippen LogP contribution in [0, 0.1) is 5.92 Å². The predicted molar refractivity (Wildman–Crippen MR) is 134 cm³/mol. The number of nitrogens with zero attached hydrogens (tertiary/aromatic N) is 3. The molecule has 1 aromatic carbocycles. The van der Waals surface area contributed by atoms with Crippen molar-refractivity contribution in [2.45, 2.75) is 91.6 Å². The lowest BCUT2D eigenvalue weighted by atomic mass is 9.79. The first kappa shape index (κ1) is 24.8. The summed E-state index contributed by atoms with van der Waals surface area (Å²) >= 11 is 3.27. The summed E-state index contributed by atoms with van der Waals surface area (Å²) in [5.41, 5.74) is 3.53. The largest absolute Gasteiger partial charge is 0.492 e. The number of aromatic nitrogens is 2. The Hall–Kier alpha value is -1.82. The molecule has 0 spiro atoms. The number of hydrogen-bond donors (Lipinski definition) is 0. The van der Waals surface area contributed by atoms with Gasteiger partial charge >= 0.3 is 0 Å². The molecule has 0 aliphatic carbocycles. The number of carbonyl (C=O) groups is 1. The van der Waals surface area contributed by atoms with Gasteiger partial charge in [-0.25, -0.2) is 0 Å². The van der Waals surface area contributed by atoms with Gasteiger partial charge in [-0.2, -0.15) is 4.02 Å². The molecule has 6 heteroatoms. The fourth-order valence-electron chi connectivity index (χ4n) is 4.45. The van der Waals surface area contributed by atoms with Crippen molar-refractivity contribution in [1.82, 2.24) is 9.13 Å². The van der Waals surface area contributed by atoms with Crippen LogP contribution in [0.2, 0.25) is 0 Å². The first-order chi connectivity index (χ1) is 15.0. The Morgan fingerprint density at radius 3 is 2.44 bits per heavy atom. The van der Waals surface area contributed by atoms with Crippen LogP contribution < -0.4 is 10.4 Å². The van der Waals surface area contributed by atoms with Crippen LogP contribution in [0.25, 0.3) is 0 Å². The Balaban J connectivity index is 1.90. The molecule has 1 aromatic heterocycles. The van der Waals surface area contributed by atoms with Gasteiger partial charge < -0.3 is 13.9 Å². The maximum Gasteiger partial charge on any atom is 0.217 e. The molecule has 3 rings (SSSR count). The Morgan fingerprint density at radius 1 is 1.19 bits per heavy atom. The Kier molecular flexibility index (Phi) is 7.43. The van der Waals surface area contributed by atoms with Crippen molar-refractivity contribution >= 4 is 21.9 Å². The minimum Gasteiger partial charge on any atom is -0.492 e. The zero-order chi connectivity index (χ0) is 23.7. The number of fused-ring (bicyclic) bond motifs is 1. The van der Waals surface area contributed by atoms with Crippen molar-refractivity contribution in [3.05, 3.63) is 46.8 Å². The molecule has 32 heavy (non-hydrogen) atoms. The molecule has 0 saturated heterocycles. The quantitative estimate of drug-likeness (QED) is 0.404. The van der Waals surface area contributed by atoms with E-state index in [1.165, 1.54) is 12.8 Å². The molecular weight excluding hydrogens is 466 g/mol. The molecule has 1 aliphatic heterocycles. The maximum absolute atomic E-state index is 13.4. The van der Waals surface area contributed by atoms with Crippen LogP contribution in [0.4, 0.5) is 0 Å². The van der Waals surface area contributed by atoms with E-state index < -0.39 is 0 Å². The maximum atomic E-state index is 13.4. The summed E-state index contributed by atoms with van der Waals surface area (Å²) in [7, 11) is 0. The molecule has 5 nitrogen and oxygen atoms in total. The van der Waals surface area contributed by atoms with E-state index in [-0.39, 0.29) is 23.2 Å². The fourth-order valence-corrected chi connectivity index (χ4v) is 4.86. The highest BCUT2D eigenvalue weighted by Gasteiger charge is 2.36. The van der Waals surface area contributed by atoms with Crippen LogP contribution in [0.15, 0.2) is 28.5 Å². The first-order valence-electron chi connectivity index (χ1n) is 11.8. The average Bonchev–Trinajstić information content (AvgIpc) is 3.27. The number of imidazole rings is 1. The summed E-state index contributed by atoms with van der Waals surface area (Å²) in [5.74, 6) is 1.75.